The number of hydrogen-bond donors (Lipinski definition) is 4. The summed E-state index contributed by atoms with van der Waals surface area (Å²) in [4.78, 5) is 33.6. The molecule has 2 atom stereocenters. The lowest BCUT2D eigenvalue weighted by molar-refractivity contribution is -0.130. The molecule has 3 rings (SSSR count). The van der Waals surface area contributed by atoms with Crippen molar-refractivity contribution in [2.45, 2.75) is 52.2 Å². The lowest BCUT2D eigenvalue weighted by Crippen LogP contribution is -2.42. The SMILES string of the molecule is COc1cc(-c2nc(C(C)(C)C)[nH]c2-c2ccnc(NCC(C)NC(=O)C(C)OC)n2)cnc1N. The average Bonchev–Trinajstić information content (AvgIpc) is 3.29. The second-order valence-corrected chi connectivity index (χ2v) is 9.30. The van der Waals surface area contributed by atoms with Gasteiger partial charge in [-0.05, 0) is 26.0 Å². The van der Waals surface area contributed by atoms with Crippen molar-refractivity contribution in [3.05, 3.63) is 30.4 Å². The Kier molecular flexibility index (Phi) is 7.90. The first-order valence-corrected chi connectivity index (χ1v) is 11.3. The summed E-state index contributed by atoms with van der Waals surface area (Å²) in [7, 11) is 3.04. The Morgan fingerprint density at radius 1 is 1.20 bits per heavy atom. The molecule has 11 heteroatoms. The van der Waals surface area contributed by atoms with E-state index in [1.807, 2.05) is 13.0 Å². The van der Waals surface area contributed by atoms with Gasteiger partial charge in [0.05, 0.1) is 24.2 Å². The van der Waals surface area contributed by atoms with Gasteiger partial charge in [-0.25, -0.2) is 19.9 Å². The number of hydrogen-bond acceptors (Lipinski definition) is 9. The van der Waals surface area contributed by atoms with Crippen molar-refractivity contribution in [3.63, 3.8) is 0 Å². The largest absolute Gasteiger partial charge is 0.493 e. The number of nitrogens with one attached hydrogen (secondary N) is 3. The van der Waals surface area contributed by atoms with Gasteiger partial charge in [0.1, 0.15) is 11.9 Å². The molecule has 0 spiro atoms. The van der Waals surface area contributed by atoms with E-state index in [0.29, 0.717) is 35.4 Å². The van der Waals surface area contributed by atoms with Crippen LogP contribution in [0, 0.1) is 0 Å². The third kappa shape index (κ3) is 6.24. The molecule has 3 aromatic rings. The predicted molar refractivity (Wildman–Crippen MR) is 135 cm³/mol. The molecule has 0 aromatic carbocycles. The van der Waals surface area contributed by atoms with Crippen LogP contribution in [0.5, 0.6) is 5.75 Å². The minimum atomic E-state index is -0.519. The number of rotatable bonds is 9. The molecule has 11 nitrogen and oxygen atoms in total. The Labute approximate surface area is 205 Å². The summed E-state index contributed by atoms with van der Waals surface area (Å²) in [6.07, 6.45) is 2.81. The molecule has 0 fully saturated rings. The fraction of sp³-hybridized carbons (Fsp3) is 0.458. The topological polar surface area (TPSA) is 153 Å². The maximum absolute atomic E-state index is 12.0. The molecule has 0 saturated heterocycles. The molecule has 0 aliphatic rings. The van der Waals surface area contributed by atoms with Crippen molar-refractivity contribution in [2.24, 2.45) is 0 Å². The summed E-state index contributed by atoms with van der Waals surface area (Å²) in [5.41, 5.74) is 8.49. The van der Waals surface area contributed by atoms with E-state index in [0.717, 1.165) is 17.1 Å². The Hall–Kier alpha value is -3.73. The Balaban J connectivity index is 1.90. The molecule has 1 amide bonds. The fourth-order valence-electron chi connectivity index (χ4n) is 3.22. The quantitative estimate of drug-likeness (QED) is 0.360. The Morgan fingerprint density at radius 2 is 1.94 bits per heavy atom. The summed E-state index contributed by atoms with van der Waals surface area (Å²) in [5, 5.41) is 6.06. The highest BCUT2D eigenvalue weighted by atomic mass is 16.5. The summed E-state index contributed by atoms with van der Waals surface area (Å²) in [5.74, 6) is 1.82. The summed E-state index contributed by atoms with van der Waals surface area (Å²) in [6.45, 7) is 10.3. The van der Waals surface area contributed by atoms with E-state index in [-0.39, 0.29) is 17.4 Å². The van der Waals surface area contributed by atoms with Crippen LogP contribution in [0.3, 0.4) is 0 Å². The normalized spacial score (nSPS) is 13.2. The van der Waals surface area contributed by atoms with Gasteiger partial charge in [-0.2, -0.15) is 0 Å². The summed E-state index contributed by atoms with van der Waals surface area (Å²) < 4.78 is 10.4. The van der Waals surface area contributed by atoms with Crippen LogP contribution in [0.25, 0.3) is 22.6 Å². The molecular formula is C24H34N8O3. The van der Waals surface area contributed by atoms with Gasteiger partial charge in [-0.15, -0.1) is 0 Å². The number of H-pyrrole nitrogens is 1. The third-order valence-electron chi connectivity index (χ3n) is 5.38. The van der Waals surface area contributed by atoms with Gasteiger partial charge in [0, 0.05) is 43.1 Å². The predicted octanol–water partition coefficient (Wildman–Crippen LogP) is 2.77. The Morgan fingerprint density at radius 3 is 2.60 bits per heavy atom. The van der Waals surface area contributed by atoms with Crippen LogP contribution >= 0.6 is 0 Å². The highest BCUT2D eigenvalue weighted by Gasteiger charge is 2.24. The number of amides is 1. The molecule has 0 radical (unpaired) electrons. The molecule has 35 heavy (non-hydrogen) atoms. The van der Waals surface area contributed by atoms with Gasteiger partial charge in [0.15, 0.2) is 11.6 Å². The zero-order chi connectivity index (χ0) is 25.8. The molecule has 0 bridgehead atoms. The van der Waals surface area contributed by atoms with Crippen LogP contribution in [0.1, 0.15) is 40.4 Å². The van der Waals surface area contributed by atoms with E-state index in [1.165, 1.54) is 7.11 Å². The summed E-state index contributed by atoms with van der Waals surface area (Å²) in [6, 6.07) is 3.46. The smallest absolute Gasteiger partial charge is 0.249 e. The number of aromatic nitrogens is 5. The first kappa shape index (κ1) is 25.9. The van der Waals surface area contributed by atoms with E-state index in [4.69, 9.17) is 20.2 Å². The number of carbonyl (C=O) groups is 1. The lowest BCUT2D eigenvalue weighted by Gasteiger charge is -2.17. The standard InChI is InChI=1S/C24H34N8O3/c1-13(29-21(33)14(2)34-6)11-28-23-26-9-8-16(30-23)19-18(31-22(32-19)24(3,4)5)15-10-17(35-7)20(25)27-12-15/h8-10,12-14H,11H2,1-7H3,(H2,25,27)(H,29,33)(H,31,32)(H,26,28,30). The fourth-order valence-corrected chi connectivity index (χ4v) is 3.22. The van der Waals surface area contributed by atoms with Crippen molar-refractivity contribution < 1.29 is 14.3 Å². The van der Waals surface area contributed by atoms with Crippen LogP contribution in [0.15, 0.2) is 24.5 Å². The molecule has 188 valence electrons. The van der Waals surface area contributed by atoms with Crippen molar-refractivity contribution >= 4 is 17.7 Å². The second-order valence-electron chi connectivity index (χ2n) is 9.30. The van der Waals surface area contributed by atoms with Crippen LogP contribution in [-0.4, -0.2) is 63.7 Å². The van der Waals surface area contributed by atoms with Gasteiger partial charge in [0.25, 0.3) is 0 Å². The number of carbonyl (C=O) groups excluding carboxylic acids is 1. The first-order valence-electron chi connectivity index (χ1n) is 11.3. The zero-order valence-corrected chi connectivity index (χ0v) is 21.3. The van der Waals surface area contributed by atoms with Crippen molar-refractivity contribution in [2.75, 3.05) is 31.8 Å². The summed E-state index contributed by atoms with van der Waals surface area (Å²) >= 11 is 0. The van der Waals surface area contributed by atoms with E-state index >= 15 is 0 Å². The number of nitrogen functional groups attached to an aromatic ring is 1. The highest BCUT2D eigenvalue weighted by molar-refractivity contribution is 5.80. The Bertz CT molecular complexity index is 1170. The van der Waals surface area contributed by atoms with Crippen LogP contribution in [-0.2, 0) is 14.9 Å². The number of ether oxygens (including phenoxy) is 2. The van der Waals surface area contributed by atoms with E-state index < -0.39 is 6.10 Å². The van der Waals surface area contributed by atoms with Gasteiger partial charge in [-0.1, -0.05) is 20.8 Å². The van der Waals surface area contributed by atoms with Crippen molar-refractivity contribution in [1.82, 2.24) is 30.2 Å². The van der Waals surface area contributed by atoms with Gasteiger partial charge in [-0.3, -0.25) is 4.79 Å². The van der Waals surface area contributed by atoms with Crippen LogP contribution in [0.2, 0.25) is 0 Å². The number of pyridine rings is 1. The number of anilines is 2. The average molecular weight is 483 g/mol. The number of aromatic amines is 1. The van der Waals surface area contributed by atoms with Crippen molar-refractivity contribution in [3.8, 4) is 28.4 Å². The number of imidazole rings is 1. The third-order valence-corrected chi connectivity index (χ3v) is 5.38. The number of nitrogens with two attached hydrogens (primary N) is 1. The molecule has 2 unspecified atom stereocenters. The first-order chi connectivity index (χ1) is 16.5. The van der Waals surface area contributed by atoms with E-state index in [1.54, 1.807) is 32.5 Å². The van der Waals surface area contributed by atoms with Crippen LogP contribution < -0.4 is 21.1 Å². The second kappa shape index (κ2) is 10.7. The van der Waals surface area contributed by atoms with Crippen molar-refractivity contribution in [1.29, 1.82) is 0 Å². The molecular weight excluding hydrogens is 448 g/mol. The molecule has 3 aromatic heterocycles. The molecule has 0 aliphatic heterocycles. The monoisotopic (exact) mass is 482 g/mol. The van der Waals surface area contributed by atoms with Crippen LogP contribution in [0.4, 0.5) is 11.8 Å². The highest BCUT2D eigenvalue weighted by Crippen LogP contribution is 2.34. The van der Waals surface area contributed by atoms with Gasteiger partial charge in [0.2, 0.25) is 11.9 Å². The lowest BCUT2D eigenvalue weighted by atomic mass is 9.96. The van der Waals surface area contributed by atoms with E-state index in [2.05, 4.69) is 51.3 Å². The van der Waals surface area contributed by atoms with Gasteiger partial charge >= 0.3 is 0 Å². The minimum Gasteiger partial charge on any atom is -0.493 e. The maximum atomic E-state index is 12.0. The maximum Gasteiger partial charge on any atom is 0.249 e. The van der Waals surface area contributed by atoms with Gasteiger partial charge < -0.3 is 30.8 Å². The molecule has 3 heterocycles. The zero-order valence-electron chi connectivity index (χ0n) is 21.3. The molecule has 5 N–H and O–H groups in total. The minimum absolute atomic E-state index is 0.157. The van der Waals surface area contributed by atoms with E-state index in [9.17, 15) is 4.79 Å². The molecule has 0 saturated carbocycles. The molecule has 0 aliphatic carbocycles. The number of methoxy groups -OCH3 is 2. The number of nitrogens with zero attached hydrogens (tertiary/aromatic N) is 4.